The number of primary amides is 1. The number of hydrogen-bond donors (Lipinski definition) is 2. The lowest BCUT2D eigenvalue weighted by molar-refractivity contribution is -0.125. The van der Waals surface area contributed by atoms with E-state index in [-0.39, 0.29) is 5.91 Å². The van der Waals surface area contributed by atoms with Crippen molar-refractivity contribution in [3.63, 3.8) is 0 Å². The van der Waals surface area contributed by atoms with E-state index in [0.29, 0.717) is 18.9 Å². The van der Waals surface area contributed by atoms with Crippen LogP contribution in [0.25, 0.3) is 0 Å². The minimum atomic E-state index is -0.820. The molecule has 0 bridgehead atoms. The van der Waals surface area contributed by atoms with Crippen molar-refractivity contribution in [2.45, 2.75) is 32.4 Å². The van der Waals surface area contributed by atoms with Crippen LogP contribution in [0.4, 0.5) is 0 Å². The van der Waals surface area contributed by atoms with Gasteiger partial charge in [-0.2, -0.15) is 0 Å². The molecule has 2 aromatic rings. The molecule has 4 heteroatoms. The average Bonchev–Trinajstić information content (AvgIpc) is 2.97. The van der Waals surface area contributed by atoms with Crippen LogP contribution in [0.3, 0.4) is 0 Å². The summed E-state index contributed by atoms with van der Waals surface area (Å²) in [6, 6.07) is 13.8. The van der Waals surface area contributed by atoms with Gasteiger partial charge in [-0.15, -0.1) is 11.3 Å². The molecule has 0 aliphatic carbocycles. The fraction of sp³-hybridized carbons (Fsp3) is 0.353. The van der Waals surface area contributed by atoms with Crippen LogP contribution >= 0.6 is 11.3 Å². The number of carbonyl (C=O) groups excluding carboxylic acids is 1. The molecule has 0 saturated heterocycles. The molecule has 0 aliphatic rings. The SMILES string of the molecule is CC(C)CC(NCc1cccs1)(C(N)=O)c1ccccc1. The molecule has 1 aromatic carbocycles. The third kappa shape index (κ3) is 3.71. The first-order valence-electron chi connectivity index (χ1n) is 7.17. The first kappa shape index (κ1) is 15.7. The van der Waals surface area contributed by atoms with Gasteiger partial charge in [0, 0.05) is 11.4 Å². The molecule has 1 heterocycles. The van der Waals surface area contributed by atoms with E-state index < -0.39 is 5.54 Å². The molecular formula is C17H22N2OS. The maximum Gasteiger partial charge on any atom is 0.242 e. The van der Waals surface area contributed by atoms with Crippen LogP contribution < -0.4 is 11.1 Å². The second-order valence-electron chi connectivity index (χ2n) is 5.67. The van der Waals surface area contributed by atoms with E-state index in [1.165, 1.54) is 4.88 Å². The number of rotatable bonds is 7. The monoisotopic (exact) mass is 302 g/mol. The number of hydrogen-bond acceptors (Lipinski definition) is 3. The number of amides is 1. The highest BCUT2D eigenvalue weighted by atomic mass is 32.1. The second kappa shape index (κ2) is 6.87. The van der Waals surface area contributed by atoms with Crippen molar-refractivity contribution in [3.05, 3.63) is 58.3 Å². The largest absolute Gasteiger partial charge is 0.368 e. The zero-order valence-corrected chi connectivity index (χ0v) is 13.3. The fourth-order valence-corrected chi connectivity index (χ4v) is 3.25. The Morgan fingerprint density at radius 3 is 2.48 bits per heavy atom. The summed E-state index contributed by atoms with van der Waals surface area (Å²) in [6.07, 6.45) is 0.678. The maximum atomic E-state index is 12.3. The van der Waals surface area contributed by atoms with E-state index in [9.17, 15) is 4.79 Å². The van der Waals surface area contributed by atoms with E-state index in [1.54, 1.807) is 11.3 Å². The summed E-state index contributed by atoms with van der Waals surface area (Å²) in [5.74, 6) is 0.0347. The summed E-state index contributed by atoms with van der Waals surface area (Å²) in [5.41, 5.74) is 5.91. The molecule has 1 aromatic heterocycles. The number of nitrogens with one attached hydrogen (secondary N) is 1. The van der Waals surface area contributed by atoms with Gasteiger partial charge in [0.2, 0.25) is 5.91 Å². The number of nitrogens with two attached hydrogens (primary N) is 1. The highest BCUT2D eigenvalue weighted by Gasteiger charge is 2.38. The lowest BCUT2D eigenvalue weighted by Crippen LogP contribution is -2.53. The van der Waals surface area contributed by atoms with Crippen molar-refractivity contribution in [3.8, 4) is 0 Å². The Hall–Kier alpha value is -1.65. The molecule has 1 atom stereocenters. The van der Waals surface area contributed by atoms with Crippen molar-refractivity contribution in [1.82, 2.24) is 5.32 Å². The average molecular weight is 302 g/mol. The molecule has 1 amide bonds. The fourth-order valence-electron chi connectivity index (χ4n) is 2.61. The predicted octanol–water partition coefficient (Wildman–Crippen LogP) is 3.26. The van der Waals surface area contributed by atoms with E-state index in [0.717, 1.165) is 5.56 Å². The van der Waals surface area contributed by atoms with Gasteiger partial charge in [0.05, 0.1) is 0 Å². The normalized spacial score (nSPS) is 14.0. The van der Waals surface area contributed by atoms with Crippen LogP contribution in [-0.4, -0.2) is 5.91 Å². The van der Waals surface area contributed by atoms with E-state index >= 15 is 0 Å². The summed E-state index contributed by atoms with van der Waals surface area (Å²) in [6.45, 7) is 4.85. The molecule has 0 spiro atoms. The van der Waals surface area contributed by atoms with Gasteiger partial charge in [-0.1, -0.05) is 50.2 Å². The molecule has 2 rings (SSSR count). The molecular weight excluding hydrogens is 280 g/mol. The van der Waals surface area contributed by atoms with Gasteiger partial charge in [0.15, 0.2) is 0 Å². The Morgan fingerprint density at radius 1 is 1.24 bits per heavy atom. The second-order valence-corrected chi connectivity index (χ2v) is 6.70. The van der Waals surface area contributed by atoms with Crippen molar-refractivity contribution in [2.75, 3.05) is 0 Å². The molecule has 1 unspecified atom stereocenters. The molecule has 112 valence electrons. The molecule has 0 saturated carbocycles. The lowest BCUT2D eigenvalue weighted by Gasteiger charge is -2.34. The molecule has 0 aliphatic heterocycles. The predicted molar refractivity (Wildman–Crippen MR) is 87.9 cm³/mol. The third-order valence-electron chi connectivity index (χ3n) is 3.55. The van der Waals surface area contributed by atoms with Crippen LogP contribution in [-0.2, 0) is 16.9 Å². The smallest absolute Gasteiger partial charge is 0.242 e. The van der Waals surface area contributed by atoms with Gasteiger partial charge in [-0.25, -0.2) is 0 Å². The Balaban J connectivity index is 2.33. The molecule has 0 radical (unpaired) electrons. The Kier molecular flexibility index (Phi) is 5.15. The third-order valence-corrected chi connectivity index (χ3v) is 4.42. The Morgan fingerprint density at radius 2 is 1.95 bits per heavy atom. The maximum absolute atomic E-state index is 12.3. The highest BCUT2D eigenvalue weighted by molar-refractivity contribution is 7.09. The van der Waals surface area contributed by atoms with E-state index in [1.807, 2.05) is 41.8 Å². The summed E-state index contributed by atoms with van der Waals surface area (Å²) in [7, 11) is 0. The Bertz CT molecular complexity index is 566. The van der Waals surface area contributed by atoms with Gasteiger partial charge in [-0.05, 0) is 29.3 Å². The van der Waals surface area contributed by atoms with Gasteiger partial charge in [-0.3, -0.25) is 10.1 Å². The number of benzene rings is 1. The summed E-state index contributed by atoms with van der Waals surface area (Å²) in [4.78, 5) is 13.5. The number of carbonyl (C=O) groups is 1. The first-order valence-corrected chi connectivity index (χ1v) is 8.05. The van der Waals surface area contributed by atoms with Crippen molar-refractivity contribution in [2.24, 2.45) is 11.7 Å². The molecule has 3 N–H and O–H groups in total. The summed E-state index contributed by atoms with van der Waals surface area (Å²) < 4.78 is 0. The summed E-state index contributed by atoms with van der Waals surface area (Å²) >= 11 is 1.67. The minimum Gasteiger partial charge on any atom is -0.368 e. The molecule has 3 nitrogen and oxygen atoms in total. The highest BCUT2D eigenvalue weighted by Crippen LogP contribution is 2.29. The van der Waals surface area contributed by atoms with E-state index in [2.05, 4.69) is 25.2 Å². The van der Waals surface area contributed by atoms with Gasteiger partial charge in [0.1, 0.15) is 5.54 Å². The van der Waals surface area contributed by atoms with Crippen molar-refractivity contribution >= 4 is 17.2 Å². The van der Waals surface area contributed by atoms with Gasteiger partial charge < -0.3 is 5.73 Å². The molecule has 0 fully saturated rings. The first-order chi connectivity index (χ1) is 10.0. The topological polar surface area (TPSA) is 55.1 Å². The van der Waals surface area contributed by atoms with Gasteiger partial charge in [0.25, 0.3) is 0 Å². The van der Waals surface area contributed by atoms with Crippen LogP contribution in [0.15, 0.2) is 47.8 Å². The van der Waals surface area contributed by atoms with Crippen LogP contribution in [0.2, 0.25) is 0 Å². The lowest BCUT2D eigenvalue weighted by atomic mass is 9.81. The molecule has 21 heavy (non-hydrogen) atoms. The van der Waals surface area contributed by atoms with Crippen molar-refractivity contribution in [1.29, 1.82) is 0 Å². The minimum absolute atomic E-state index is 0.320. The Labute approximate surface area is 130 Å². The van der Waals surface area contributed by atoms with Crippen LogP contribution in [0.5, 0.6) is 0 Å². The zero-order chi connectivity index (χ0) is 15.3. The van der Waals surface area contributed by atoms with Gasteiger partial charge >= 0.3 is 0 Å². The van der Waals surface area contributed by atoms with Crippen LogP contribution in [0, 0.1) is 5.92 Å². The quantitative estimate of drug-likeness (QED) is 0.825. The summed E-state index contributed by atoms with van der Waals surface area (Å²) in [5, 5.41) is 5.45. The van der Waals surface area contributed by atoms with Crippen molar-refractivity contribution < 1.29 is 4.79 Å². The number of thiophene rings is 1. The van der Waals surface area contributed by atoms with E-state index in [4.69, 9.17) is 5.73 Å². The zero-order valence-electron chi connectivity index (χ0n) is 12.5. The standard InChI is InChI=1S/C17H22N2OS/c1-13(2)11-17(16(18)20,14-7-4-3-5-8-14)19-12-15-9-6-10-21-15/h3-10,13,19H,11-12H2,1-2H3,(H2,18,20). The van der Waals surface area contributed by atoms with Crippen LogP contribution in [0.1, 0.15) is 30.7 Å².